The number of nitrogens with two attached hydrogens (primary N) is 1. The van der Waals surface area contributed by atoms with E-state index in [2.05, 4.69) is 4.74 Å². The zero-order valence-electron chi connectivity index (χ0n) is 9.51. The molecule has 1 aromatic rings. The molecule has 0 spiro atoms. The van der Waals surface area contributed by atoms with Gasteiger partial charge in [-0.25, -0.2) is 0 Å². The fourth-order valence-corrected chi connectivity index (χ4v) is 1.38. The number of hydrogen-bond acceptors (Lipinski definition) is 3. The van der Waals surface area contributed by atoms with Crippen molar-refractivity contribution in [3.63, 3.8) is 0 Å². The Hall–Kier alpha value is -1.27. The van der Waals surface area contributed by atoms with Crippen molar-refractivity contribution in [3.05, 3.63) is 29.3 Å². The molecule has 0 fully saturated rings. The van der Waals surface area contributed by atoms with Gasteiger partial charge in [0.1, 0.15) is 5.75 Å². The maximum atomic E-state index is 12.7. The van der Waals surface area contributed by atoms with Crippen LogP contribution in [0.4, 0.5) is 13.2 Å². The molecule has 6 heteroatoms. The predicted octanol–water partition coefficient (Wildman–Crippen LogP) is 1.88. The van der Waals surface area contributed by atoms with Crippen LogP contribution in [0.5, 0.6) is 5.75 Å². The number of benzene rings is 1. The molecule has 3 N–H and O–H groups in total. The highest BCUT2D eigenvalue weighted by molar-refractivity contribution is 5.41. The van der Waals surface area contributed by atoms with E-state index in [-0.39, 0.29) is 11.3 Å². The van der Waals surface area contributed by atoms with E-state index in [0.717, 1.165) is 13.2 Å². The van der Waals surface area contributed by atoms with Crippen molar-refractivity contribution in [2.75, 3.05) is 13.7 Å². The fourth-order valence-electron chi connectivity index (χ4n) is 1.38. The molecule has 0 bridgehead atoms. The fraction of sp³-hybridized carbons (Fsp3) is 0.455. The molecule has 0 aromatic heterocycles. The Kier molecular flexibility index (Phi) is 3.68. The molecule has 1 unspecified atom stereocenters. The summed E-state index contributed by atoms with van der Waals surface area (Å²) in [4.78, 5) is 0. The average molecular weight is 249 g/mol. The minimum absolute atomic E-state index is 0.202. The number of alkyl halides is 3. The first-order chi connectivity index (χ1) is 7.72. The minimum Gasteiger partial charge on any atom is -0.496 e. The number of halogens is 3. The van der Waals surface area contributed by atoms with Crippen LogP contribution in [0.25, 0.3) is 0 Å². The molecule has 0 saturated carbocycles. The Labute approximate surface area is 97.0 Å². The molecule has 1 rings (SSSR count). The summed E-state index contributed by atoms with van der Waals surface area (Å²) in [5.74, 6) is -0.269. The van der Waals surface area contributed by atoms with Gasteiger partial charge in [-0.1, -0.05) is 6.07 Å². The van der Waals surface area contributed by atoms with Crippen LogP contribution in [0.15, 0.2) is 18.2 Å². The van der Waals surface area contributed by atoms with Crippen LogP contribution >= 0.6 is 0 Å². The van der Waals surface area contributed by atoms with Gasteiger partial charge in [0.2, 0.25) is 0 Å². The molecule has 96 valence electrons. The van der Waals surface area contributed by atoms with E-state index in [1.165, 1.54) is 19.1 Å². The lowest BCUT2D eigenvalue weighted by Gasteiger charge is -2.24. The molecular formula is C11H14F3NO2. The maximum Gasteiger partial charge on any atom is 0.419 e. The highest BCUT2D eigenvalue weighted by atomic mass is 19.4. The van der Waals surface area contributed by atoms with Crippen molar-refractivity contribution >= 4 is 0 Å². The Morgan fingerprint density at radius 3 is 2.35 bits per heavy atom. The van der Waals surface area contributed by atoms with E-state index in [1.807, 2.05) is 0 Å². The summed E-state index contributed by atoms with van der Waals surface area (Å²) >= 11 is 0. The summed E-state index contributed by atoms with van der Waals surface area (Å²) < 4.78 is 42.8. The number of hydrogen-bond donors (Lipinski definition) is 2. The van der Waals surface area contributed by atoms with Gasteiger partial charge in [-0.2, -0.15) is 13.2 Å². The summed E-state index contributed by atoms with van der Waals surface area (Å²) in [6.45, 7) is 1.01. The highest BCUT2D eigenvalue weighted by Crippen LogP contribution is 2.37. The SMILES string of the molecule is COc1ccc(C(C)(N)CO)cc1C(F)(F)F. The smallest absolute Gasteiger partial charge is 0.419 e. The zero-order valence-corrected chi connectivity index (χ0v) is 9.51. The van der Waals surface area contributed by atoms with E-state index >= 15 is 0 Å². The number of rotatable bonds is 3. The Morgan fingerprint density at radius 1 is 1.35 bits per heavy atom. The van der Waals surface area contributed by atoms with Gasteiger partial charge in [-0.15, -0.1) is 0 Å². The lowest BCUT2D eigenvalue weighted by Crippen LogP contribution is -2.37. The lowest BCUT2D eigenvalue weighted by molar-refractivity contribution is -0.138. The summed E-state index contributed by atoms with van der Waals surface area (Å²) in [6.07, 6.45) is -4.52. The molecule has 0 amide bonds. The van der Waals surface area contributed by atoms with Crippen LogP contribution in [-0.4, -0.2) is 18.8 Å². The van der Waals surface area contributed by atoms with Crippen LogP contribution in [0.3, 0.4) is 0 Å². The quantitative estimate of drug-likeness (QED) is 0.860. The average Bonchev–Trinajstić information content (AvgIpc) is 2.27. The van der Waals surface area contributed by atoms with Crippen molar-refractivity contribution in [1.29, 1.82) is 0 Å². The third-order valence-electron chi connectivity index (χ3n) is 2.49. The molecule has 0 aliphatic rings. The molecule has 1 atom stereocenters. The first kappa shape index (κ1) is 13.8. The summed E-state index contributed by atoms with van der Waals surface area (Å²) in [5.41, 5.74) is 3.77. The van der Waals surface area contributed by atoms with Crippen molar-refractivity contribution in [3.8, 4) is 5.75 Å². The van der Waals surface area contributed by atoms with Crippen molar-refractivity contribution < 1.29 is 23.0 Å². The molecule has 0 radical (unpaired) electrons. The minimum atomic E-state index is -4.52. The van der Waals surface area contributed by atoms with Crippen LogP contribution in [0.1, 0.15) is 18.1 Å². The van der Waals surface area contributed by atoms with Crippen molar-refractivity contribution in [2.24, 2.45) is 5.73 Å². The molecule has 17 heavy (non-hydrogen) atoms. The molecular weight excluding hydrogens is 235 g/mol. The van der Waals surface area contributed by atoms with E-state index < -0.39 is 23.9 Å². The number of aliphatic hydroxyl groups is 1. The Morgan fingerprint density at radius 2 is 1.94 bits per heavy atom. The largest absolute Gasteiger partial charge is 0.496 e. The van der Waals surface area contributed by atoms with Crippen molar-refractivity contribution in [2.45, 2.75) is 18.6 Å². The van der Waals surface area contributed by atoms with Gasteiger partial charge in [0.15, 0.2) is 0 Å². The normalized spacial score (nSPS) is 15.5. The number of aliphatic hydroxyl groups excluding tert-OH is 1. The molecule has 3 nitrogen and oxygen atoms in total. The van der Waals surface area contributed by atoms with Gasteiger partial charge in [-0.3, -0.25) is 0 Å². The van der Waals surface area contributed by atoms with Crippen LogP contribution < -0.4 is 10.5 Å². The second-order valence-electron chi connectivity index (χ2n) is 3.99. The maximum absolute atomic E-state index is 12.7. The standard InChI is InChI=1S/C11H14F3NO2/c1-10(15,6-16)7-3-4-9(17-2)8(5-7)11(12,13)14/h3-5,16H,6,15H2,1-2H3. The third kappa shape index (κ3) is 2.89. The van der Waals surface area contributed by atoms with Gasteiger partial charge in [-0.05, 0) is 24.6 Å². The first-order valence-corrected chi connectivity index (χ1v) is 4.88. The summed E-state index contributed by atoms with van der Waals surface area (Å²) in [6, 6.07) is 3.50. The summed E-state index contributed by atoms with van der Waals surface area (Å²) in [7, 11) is 1.16. The van der Waals surface area contributed by atoms with Gasteiger partial charge in [0.05, 0.1) is 24.8 Å². The van der Waals surface area contributed by atoms with Crippen molar-refractivity contribution in [1.82, 2.24) is 0 Å². The van der Waals surface area contributed by atoms with Gasteiger partial charge in [0, 0.05) is 0 Å². The van der Waals surface area contributed by atoms with E-state index in [9.17, 15) is 13.2 Å². The van der Waals surface area contributed by atoms with Crippen LogP contribution in [0, 0.1) is 0 Å². The van der Waals surface area contributed by atoms with Gasteiger partial charge in [0.25, 0.3) is 0 Å². The Bertz CT molecular complexity index is 402. The summed E-state index contributed by atoms with van der Waals surface area (Å²) in [5, 5.41) is 9.03. The number of methoxy groups -OCH3 is 1. The van der Waals surface area contributed by atoms with Gasteiger partial charge < -0.3 is 15.6 Å². The monoisotopic (exact) mass is 249 g/mol. The second-order valence-corrected chi connectivity index (χ2v) is 3.99. The lowest BCUT2D eigenvalue weighted by atomic mass is 9.92. The first-order valence-electron chi connectivity index (χ1n) is 4.88. The molecule has 0 heterocycles. The topological polar surface area (TPSA) is 55.5 Å². The van der Waals surface area contributed by atoms with E-state index in [0.29, 0.717) is 0 Å². The molecule has 0 saturated heterocycles. The van der Waals surface area contributed by atoms with Crippen LogP contribution in [-0.2, 0) is 11.7 Å². The Balaban J connectivity index is 3.33. The third-order valence-corrected chi connectivity index (χ3v) is 2.49. The van der Waals surface area contributed by atoms with E-state index in [1.54, 1.807) is 0 Å². The highest BCUT2D eigenvalue weighted by Gasteiger charge is 2.35. The molecule has 0 aliphatic carbocycles. The van der Waals surface area contributed by atoms with Gasteiger partial charge >= 0.3 is 6.18 Å². The number of ether oxygens (including phenoxy) is 1. The van der Waals surface area contributed by atoms with Crippen LogP contribution in [0.2, 0.25) is 0 Å². The zero-order chi connectivity index (χ0) is 13.3. The second kappa shape index (κ2) is 4.54. The predicted molar refractivity (Wildman–Crippen MR) is 56.6 cm³/mol. The molecule has 0 aliphatic heterocycles. The van der Waals surface area contributed by atoms with E-state index in [4.69, 9.17) is 10.8 Å². The molecule has 1 aromatic carbocycles.